The second-order valence-electron chi connectivity index (χ2n) is 4.22. The van der Waals surface area contributed by atoms with Crippen LogP contribution in [0.1, 0.15) is 22.3 Å². The zero-order valence-corrected chi connectivity index (χ0v) is 11.7. The average molecular weight is 278 g/mol. The minimum absolute atomic E-state index is 0.558. The topological polar surface area (TPSA) is 47.6 Å². The van der Waals surface area contributed by atoms with Gasteiger partial charge in [-0.3, -0.25) is 0 Å². The molecular weight excluding hydrogens is 268 g/mol. The molecule has 2 rings (SSSR count). The third-order valence-electron chi connectivity index (χ3n) is 2.71. The SMILES string of the molecule is N#Cc1cccc(C#CC=CC#Cc2ccccc2C#N)c1. The van der Waals surface area contributed by atoms with Crippen LogP contribution < -0.4 is 0 Å². The van der Waals surface area contributed by atoms with Gasteiger partial charge in [0.15, 0.2) is 0 Å². The Morgan fingerprint density at radius 3 is 2.09 bits per heavy atom. The van der Waals surface area contributed by atoms with Gasteiger partial charge in [0.2, 0.25) is 0 Å². The predicted molar refractivity (Wildman–Crippen MR) is 85.2 cm³/mol. The summed E-state index contributed by atoms with van der Waals surface area (Å²) < 4.78 is 0. The quantitative estimate of drug-likeness (QED) is 0.693. The molecule has 0 unspecified atom stereocenters. The van der Waals surface area contributed by atoms with Crippen molar-refractivity contribution in [2.45, 2.75) is 0 Å². The van der Waals surface area contributed by atoms with Crippen molar-refractivity contribution in [1.82, 2.24) is 0 Å². The molecule has 0 atom stereocenters. The molecule has 0 amide bonds. The van der Waals surface area contributed by atoms with E-state index in [1.54, 1.807) is 48.6 Å². The Balaban J connectivity index is 2.07. The van der Waals surface area contributed by atoms with Crippen molar-refractivity contribution in [3.63, 3.8) is 0 Å². The highest BCUT2D eigenvalue weighted by molar-refractivity contribution is 5.49. The van der Waals surface area contributed by atoms with E-state index in [1.165, 1.54) is 0 Å². The van der Waals surface area contributed by atoms with Crippen LogP contribution in [0.25, 0.3) is 0 Å². The molecule has 2 aromatic carbocycles. The van der Waals surface area contributed by atoms with Crippen molar-refractivity contribution in [2.75, 3.05) is 0 Å². The van der Waals surface area contributed by atoms with E-state index in [0.29, 0.717) is 16.7 Å². The third-order valence-corrected chi connectivity index (χ3v) is 2.71. The molecule has 0 saturated heterocycles. The smallest absolute Gasteiger partial charge is 0.100 e. The summed E-state index contributed by atoms with van der Waals surface area (Å²) in [6, 6.07) is 18.5. The van der Waals surface area contributed by atoms with Crippen LogP contribution in [0.5, 0.6) is 0 Å². The summed E-state index contributed by atoms with van der Waals surface area (Å²) in [6.07, 6.45) is 3.27. The van der Waals surface area contributed by atoms with E-state index in [-0.39, 0.29) is 0 Å². The van der Waals surface area contributed by atoms with Gasteiger partial charge in [0, 0.05) is 11.1 Å². The molecular formula is C20H10N2. The van der Waals surface area contributed by atoms with Crippen LogP contribution in [0.15, 0.2) is 60.7 Å². The van der Waals surface area contributed by atoms with Gasteiger partial charge in [-0.1, -0.05) is 41.9 Å². The lowest BCUT2D eigenvalue weighted by atomic mass is 10.1. The van der Waals surface area contributed by atoms with Crippen LogP contribution in [-0.4, -0.2) is 0 Å². The van der Waals surface area contributed by atoms with Crippen molar-refractivity contribution < 1.29 is 0 Å². The molecule has 0 aliphatic rings. The molecule has 0 N–H and O–H groups in total. The number of hydrogen-bond acceptors (Lipinski definition) is 2. The Hall–Kier alpha value is -3.72. The molecule has 0 aliphatic carbocycles. The van der Waals surface area contributed by atoms with Gasteiger partial charge in [-0.25, -0.2) is 0 Å². The molecule has 0 heterocycles. The van der Waals surface area contributed by atoms with E-state index >= 15 is 0 Å². The Morgan fingerprint density at radius 2 is 1.36 bits per heavy atom. The fourth-order valence-corrected chi connectivity index (χ4v) is 1.68. The molecule has 2 heteroatoms. The summed E-state index contributed by atoms with van der Waals surface area (Å²) in [6.45, 7) is 0. The largest absolute Gasteiger partial charge is 0.192 e. The summed E-state index contributed by atoms with van der Waals surface area (Å²) in [5.41, 5.74) is 2.63. The van der Waals surface area contributed by atoms with Crippen LogP contribution in [0.4, 0.5) is 0 Å². The minimum Gasteiger partial charge on any atom is -0.192 e. The van der Waals surface area contributed by atoms with Crippen LogP contribution in [0, 0.1) is 46.3 Å². The summed E-state index contributed by atoms with van der Waals surface area (Å²) in [5, 5.41) is 17.7. The fourth-order valence-electron chi connectivity index (χ4n) is 1.68. The second-order valence-corrected chi connectivity index (χ2v) is 4.22. The first-order chi connectivity index (χ1) is 10.8. The number of nitriles is 2. The molecule has 0 radical (unpaired) electrons. The van der Waals surface area contributed by atoms with Gasteiger partial charge in [-0.05, 0) is 42.5 Å². The maximum atomic E-state index is 8.95. The number of rotatable bonds is 0. The Labute approximate surface area is 130 Å². The zero-order valence-electron chi connectivity index (χ0n) is 11.7. The molecule has 0 bridgehead atoms. The summed E-state index contributed by atoms with van der Waals surface area (Å²) in [5.74, 6) is 11.6. The second kappa shape index (κ2) is 7.77. The third kappa shape index (κ3) is 4.15. The highest BCUT2D eigenvalue weighted by atomic mass is 14.2. The lowest BCUT2D eigenvalue weighted by Gasteiger charge is -1.91. The molecule has 2 nitrogen and oxygen atoms in total. The summed E-state index contributed by atoms with van der Waals surface area (Å²) in [7, 11) is 0. The van der Waals surface area contributed by atoms with Crippen molar-refractivity contribution in [3.8, 4) is 35.8 Å². The first kappa shape index (κ1) is 14.7. The summed E-state index contributed by atoms with van der Waals surface area (Å²) >= 11 is 0. The Bertz CT molecular complexity index is 914. The van der Waals surface area contributed by atoms with Crippen molar-refractivity contribution >= 4 is 0 Å². The molecule has 22 heavy (non-hydrogen) atoms. The molecule has 0 aliphatic heterocycles. The van der Waals surface area contributed by atoms with Crippen molar-refractivity contribution in [2.24, 2.45) is 0 Å². The van der Waals surface area contributed by atoms with Gasteiger partial charge >= 0.3 is 0 Å². The first-order valence-corrected chi connectivity index (χ1v) is 6.51. The van der Waals surface area contributed by atoms with E-state index in [2.05, 4.69) is 35.8 Å². The van der Waals surface area contributed by atoms with E-state index in [1.807, 2.05) is 12.1 Å². The summed E-state index contributed by atoms with van der Waals surface area (Å²) in [4.78, 5) is 0. The van der Waals surface area contributed by atoms with Crippen LogP contribution in [0.2, 0.25) is 0 Å². The van der Waals surface area contributed by atoms with Gasteiger partial charge in [0.1, 0.15) is 6.07 Å². The highest BCUT2D eigenvalue weighted by Crippen LogP contribution is 2.04. The molecule has 0 aromatic heterocycles. The van der Waals surface area contributed by atoms with Crippen molar-refractivity contribution in [3.05, 3.63) is 82.9 Å². The van der Waals surface area contributed by atoms with Gasteiger partial charge in [-0.15, -0.1) is 0 Å². The van der Waals surface area contributed by atoms with Crippen LogP contribution in [0.3, 0.4) is 0 Å². The van der Waals surface area contributed by atoms with Crippen molar-refractivity contribution in [1.29, 1.82) is 10.5 Å². The number of nitrogens with zero attached hydrogens (tertiary/aromatic N) is 2. The Kier molecular flexibility index (Phi) is 5.19. The normalized spacial score (nSPS) is 8.82. The first-order valence-electron chi connectivity index (χ1n) is 6.51. The standard InChI is InChI=1S/C20H10N2/c21-15-18-10-7-9-17(14-18)8-3-1-2-4-11-19-12-5-6-13-20(19)16-22/h1-2,5-7,9-10,12-14H. The van der Waals surface area contributed by atoms with Gasteiger partial charge < -0.3 is 0 Å². The number of benzene rings is 2. The van der Waals surface area contributed by atoms with E-state index < -0.39 is 0 Å². The molecule has 100 valence electrons. The molecule has 0 spiro atoms. The fraction of sp³-hybridized carbons (Fsp3) is 0. The maximum Gasteiger partial charge on any atom is 0.100 e. The van der Waals surface area contributed by atoms with Gasteiger partial charge in [-0.2, -0.15) is 10.5 Å². The molecule has 0 saturated carbocycles. The van der Waals surface area contributed by atoms with Crippen LogP contribution in [-0.2, 0) is 0 Å². The molecule has 2 aromatic rings. The van der Waals surface area contributed by atoms with Crippen LogP contribution >= 0.6 is 0 Å². The van der Waals surface area contributed by atoms with E-state index in [4.69, 9.17) is 10.5 Å². The number of hydrogen-bond donors (Lipinski definition) is 0. The minimum atomic E-state index is 0.558. The monoisotopic (exact) mass is 278 g/mol. The average Bonchev–Trinajstić information content (AvgIpc) is 2.58. The lowest BCUT2D eigenvalue weighted by Crippen LogP contribution is -1.80. The van der Waals surface area contributed by atoms with E-state index in [9.17, 15) is 0 Å². The van der Waals surface area contributed by atoms with Gasteiger partial charge in [0.05, 0.1) is 17.2 Å². The molecule has 0 fully saturated rings. The van der Waals surface area contributed by atoms with E-state index in [0.717, 1.165) is 5.56 Å². The number of allylic oxidation sites excluding steroid dienone is 2. The lowest BCUT2D eigenvalue weighted by molar-refractivity contribution is 1.47. The maximum absolute atomic E-state index is 8.95. The predicted octanol–water partition coefficient (Wildman–Crippen LogP) is 3.39. The Morgan fingerprint density at radius 1 is 0.682 bits per heavy atom. The highest BCUT2D eigenvalue weighted by Gasteiger charge is 1.94. The van der Waals surface area contributed by atoms with Gasteiger partial charge in [0.25, 0.3) is 0 Å². The zero-order chi connectivity index (χ0) is 15.6.